The molecule has 0 aromatic carbocycles. The fraction of sp³-hybridized carbons (Fsp3) is 0.538. The van der Waals surface area contributed by atoms with Crippen LogP contribution in [0.25, 0.3) is 11.6 Å². The first kappa shape index (κ1) is 26.3. The number of aryl methyl sites for hydroxylation is 1. The van der Waals surface area contributed by atoms with Crippen LogP contribution in [0.1, 0.15) is 87.0 Å². The molecule has 5 heteroatoms. The molecule has 5 nitrogen and oxygen atoms in total. The molecule has 31 heavy (non-hydrogen) atoms. The number of esters is 1. The van der Waals surface area contributed by atoms with Crippen LogP contribution < -0.4 is 0 Å². The summed E-state index contributed by atoms with van der Waals surface area (Å²) in [4.78, 5) is 20.6. The minimum atomic E-state index is -0.366. The summed E-state index contributed by atoms with van der Waals surface area (Å²) >= 11 is 0. The molecular weight excluding hydrogens is 386 g/mol. The molecule has 0 spiro atoms. The number of rotatable bonds is 7. The summed E-state index contributed by atoms with van der Waals surface area (Å²) in [6.45, 7) is 10.1. The number of nitrogens with zero attached hydrogens (tertiary/aromatic N) is 3. The summed E-state index contributed by atoms with van der Waals surface area (Å²) in [5.74, 6) is 1.14. The number of carbonyl (C=O) groups excluding carboxylic acids is 1. The second kappa shape index (κ2) is 14.3. The predicted molar refractivity (Wildman–Crippen MR) is 129 cm³/mol. The molecular formula is C26H37N3O2. The normalized spacial score (nSPS) is 15.6. The van der Waals surface area contributed by atoms with Crippen LogP contribution in [0.15, 0.2) is 23.3 Å². The van der Waals surface area contributed by atoms with E-state index < -0.39 is 0 Å². The number of aliphatic imine (C=N–C) groups is 1. The van der Waals surface area contributed by atoms with E-state index in [1.54, 1.807) is 26.4 Å². The van der Waals surface area contributed by atoms with Gasteiger partial charge in [0.25, 0.3) is 0 Å². The molecule has 1 aromatic heterocycles. The summed E-state index contributed by atoms with van der Waals surface area (Å²) in [5, 5.41) is 8.45. The summed E-state index contributed by atoms with van der Waals surface area (Å²) in [6.07, 6.45) is 15.4. The number of allylic oxidation sites excluding steroid dienone is 3. The van der Waals surface area contributed by atoms with Crippen molar-refractivity contribution in [3.8, 4) is 6.07 Å². The first-order valence-corrected chi connectivity index (χ1v) is 11.2. The van der Waals surface area contributed by atoms with E-state index in [1.165, 1.54) is 25.7 Å². The van der Waals surface area contributed by atoms with E-state index in [1.807, 2.05) is 39.0 Å². The Morgan fingerprint density at radius 2 is 2.06 bits per heavy atom. The van der Waals surface area contributed by atoms with Crippen molar-refractivity contribution < 1.29 is 9.53 Å². The molecule has 2 rings (SSSR count). The molecule has 0 aliphatic heterocycles. The molecule has 1 saturated carbocycles. The van der Waals surface area contributed by atoms with Gasteiger partial charge in [-0.1, -0.05) is 50.8 Å². The van der Waals surface area contributed by atoms with Crippen molar-refractivity contribution >= 4 is 23.8 Å². The molecule has 0 radical (unpaired) electrons. The van der Waals surface area contributed by atoms with Gasteiger partial charge in [0, 0.05) is 42.7 Å². The van der Waals surface area contributed by atoms with Gasteiger partial charge in [0.15, 0.2) is 0 Å². The average molecular weight is 424 g/mol. The van der Waals surface area contributed by atoms with Crippen molar-refractivity contribution in [2.45, 2.75) is 66.7 Å². The molecule has 0 N–H and O–H groups in total. The van der Waals surface area contributed by atoms with Crippen LogP contribution in [0.2, 0.25) is 0 Å². The lowest BCUT2D eigenvalue weighted by molar-refractivity contribution is 0.0525. The standard InChI is InChI=1S/C17H22N2O2.C9H15N/c1-6-9-14-12(4)19-11-15(17(20)21-8-3)16(14)13(7-2)10-18-5;1-8(6-7-10)9-4-2-3-5-9/h6-7,9-11H,8H2,1-5H3;8-9H,2-6H2,1H3/b9-6-,13-7+,18-10?;. The Morgan fingerprint density at radius 1 is 1.39 bits per heavy atom. The van der Waals surface area contributed by atoms with E-state index in [9.17, 15) is 4.79 Å². The van der Waals surface area contributed by atoms with Crippen LogP contribution in [-0.2, 0) is 4.74 Å². The van der Waals surface area contributed by atoms with Crippen molar-refractivity contribution in [1.82, 2.24) is 4.98 Å². The Labute approximate surface area is 187 Å². The maximum atomic E-state index is 12.2. The van der Waals surface area contributed by atoms with Gasteiger partial charge in [-0.15, -0.1) is 0 Å². The highest BCUT2D eigenvalue weighted by Gasteiger charge is 2.21. The summed E-state index contributed by atoms with van der Waals surface area (Å²) in [7, 11) is 1.71. The monoisotopic (exact) mass is 423 g/mol. The first-order chi connectivity index (χ1) is 14.9. The molecule has 0 amide bonds. The SMILES string of the molecule is C/C=C\c1c(C)ncc(C(=O)OCC)c1/C(C=NC)=C/C.CC(CC#N)C1CCCC1. The lowest BCUT2D eigenvalue weighted by Gasteiger charge is -2.14. The van der Waals surface area contributed by atoms with E-state index in [2.05, 4.69) is 23.0 Å². The minimum absolute atomic E-state index is 0.331. The van der Waals surface area contributed by atoms with Gasteiger partial charge in [0.2, 0.25) is 0 Å². The van der Waals surface area contributed by atoms with Crippen LogP contribution in [-0.4, -0.2) is 30.8 Å². The highest BCUT2D eigenvalue weighted by atomic mass is 16.5. The second-order valence-electron chi connectivity index (χ2n) is 7.78. The Bertz CT molecular complexity index is 841. The highest BCUT2D eigenvalue weighted by Crippen LogP contribution is 2.32. The maximum absolute atomic E-state index is 12.2. The number of nitriles is 1. The fourth-order valence-electron chi connectivity index (χ4n) is 3.93. The van der Waals surface area contributed by atoms with Crippen LogP contribution >= 0.6 is 0 Å². The van der Waals surface area contributed by atoms with Gasteiger partial charge in [-0.05, 0) is 45.1 Å². The zero-order valence-electron chi connectivity index (χ0n) is 19.9. The summed E-state index contributed by atoms with van der Waals surface area (Å²) in [6, 6.07) is 2.24. The third-order valence-electron chi connectivity index (χ3n) is 5.63. The van der Waals surface area contributed by atoms with Gasteiger partial charge in [-0.3, -0.25) is 9.98 Å². The van der Waals surface area contributed by atoms with Crippen molar-refractivity contribution in [2.75, 3.05) is 13.7 Å². The van der Waals surface area contributed by atoms with Crippen LogP contribution in [0.3, 0.4) is 0 Å². The Morgan fingerprint density at radius 3 is 2.58 bits per heavy atom. The lowest BCUT2D eigenvalue weighted by Crippen LogP contribution is -2.11. The van der Waals surface area contributed by atoms with Crippen molar-refractivity contribution in [1.29, 1.82) is 5.26 Å². The van der Waals surface area contributed by atoms with E-state index in [4.69, 9.17) is 10.00 Å². The Kier molecular flexibility index (Phi) is 12.1. The number of hydrogen-bond donors (Lipinski definition) is 0. The molecule has 1 fully saturated rings. The number of aromatic nitrogens is 1. The largest absolute Gasteiger partial charge is 0.462 e. The summed E-state index contributed by atoms with van der Waals surface area (Å²) in [5.41, 5.74) is 3.92. The Hall–Kier alpha value is -2.74. The van der Waals surface area contributed by atoms with E-state index in [0.29, 0.717) is 18.1 Å². The predicted octanol–water partition coefficient (Wildman–Crippen LogP) is 6.43. The smallest absolute Gasteiger partial charge is 0.340 e. The Balaban J connectivity index is 0.000000399. The number of carbonyl (C=O) groups is 1. The molecule has 1 heterocycles. The zero-order valence-corrected chi connectivity index (χ0v) is 19.9. The van der Waals surface area contributed by atoms with Crippen LogP contribution in [0, 0.1) is 30.1 Å². The average Bonchev–Trinajstić information content (AvgIpc) is 3.29. The van der Waals surface area contributed by atoms with E-state index in [0.717, 1.165) is 34.7 Å². The fourth-order valence-corrected chi connectivity index (χ4v) is 3.93. The van der Waals surface area contributed by atoms with Crippen LogP contribution in [0.5, 0.6) is 0 Å². The third kappa shape index (κ3) is 7.79. The quantitative estimate of drug-likeness (QED) is 0.374. The molecule has 168 valence electrons. The number of pyridine rings is 1. The molecule has 1 aromatic rings. The van der Waals surface area contributed by atoms with E-state index in [-0.39, 0.29) is 5.97 Å². The first-order valence-electron chi connectivity index (χ1n) is 11.2. The van der Waals surface area contributed by atoms with Gasteiger partial charge in [0.05, 0.1) is 18.2 Å². The zero-order chi connectivity index (χ0) is 23.2. The van der Waals surface area contributed by atoms with Gasteiger partial charge >= 0.3 is 5.97 Å². The topological polar surface area (TPSA) is 75.3 Å². The molecule has 0 bridgehead atoms. The number of ether oxygens (including phenoxy) is 1. The second-order valence-corrected chi connectivity index (χ2v) is 7.78. The van der Waals surface area contributed by atoms with Crippen molar-refractivity contribution in [3.05, 3.63) is 40.7 Å². The minimum Gasteiger partial charge on any atom is -0.462 e. The van der Waals surface area contributed by atoms with Gasteiger partial charge < -0.3 is 4.74 Å². The van der Waals surface area contributed by atoms with E-state index >= 15 is 0 Å². The van der Waals surface area contributed by atoms with Crippen molar-refractivity contribution in [3.63, 3.8) is 0 Å². The van der Waals surface area contributed by atoms with Crippen molar-refractivity contribution in [2.24, 2.45) is 16.8 Å². The van der Waals surface area contributed by atoms with Gasteiger partial charge in [0.1, 0.15) is 0 Å². The molecule has 1 atom stereocenters. The molecule has 1 aliphatic carbocycles. The van der Waals surface area contributed by atoms with Gasteiger partial charge in [-0.25, -0.2) is 4.79 Å². The van der Waals surface area contributed by atoms with Gasteiger partial charge in [-0.2, -0.15) is 5.26 Å². The molecule has 0 saturated heterocycles. The highest BCUT2D eigenvalue weighted by molar-refractivity contribution is 6.14. The maximum Gasteiger partial charge on any atom is 0.340 e. The third-order valence-corrected chi connectivity index (χ3v) is 5.63. The summed E-state index contributed by atoms with van der Waals surface area (Å²) < 4.78 is 5.14. The molecule has 1 unspecified atom stereocenters. The lowest BCUT2D eigenvalue weighted by atomic mass is 9.90. The van der Waals surface area contributed by atoms with Crippen LogP contribution in [0.4, 0.5) is 0 Å². The molecule has 1 aliphatic rings. The number of hydrogen-bond acceptors (Lipinski definition) is 5.